The zero-order valence-electron chi connectivity index (χ0n) is 12.2. The van der Waals surface area contributed by atoms with Crippen LogP contribution in [0.25, 0.3) is 21.8 Å². The van der Waals surface area contributed by atoms with Crippen molar-refractivity contribution in [1.82, 2.24) is 4.98 Å². The van der Waals surface area contributed by atoms with Crippen LogP contribution < -0.4 is 0 Å². The van der Waals surface area contributed by atoms with Crippen molar-refractivity contribution in [3.05, 3.63) is 47.5 Å². The molecule has 1 heterocycles. The SMILES string of the molecule is Cc1c2ccc(S(=O)C(F)(F)F)cc2nc2c(C(=O)O)cccc12. The number of carboxylic acid groups (broad SMARTS) is 1. The van der Waals surface area contributed by atoms with Gasteiger partial charge in [0.1, 0.15) is 0 Å². The number of pyridine rings is 1. The Morgan fingerprint density at radius 1 is 1.17 bits per heavy atom. The van der Waals surface area contributed by atoms with E-state index in [0.717, 1.165) is 12.1 Å². The molecule has 3 rings (SSSR count). The summed E-state index contributed by atoms with van der Waals surface area (Å²) in [5.74, 6) is -1.18. The molecule has 0 bridgehead atoms. The number of halogens is 3. The minimum atomic E-state index is -4.87. The summed E-state index contributed by atoms with van der Waals surface area (Å²) >= 11 is 0. The Kier molecular flexibility index (Phi) is 3.79. The van der Waals surface area contributed by atoms with Gasteiger partial charge >= 0.3 is 11.5 Å². The number of aryl methyl sites for hydroxylation is 1. The summed E-state index contributed by atoms with van der Waals surface area (Å²) in [5, 5.41) is 10.4. The second-order valence-corrected chi connectivity index (χ2v) is 6.61. The molecule has 24 heavy (non-hydrogen) atoms. The predicted octanol–water partition coefficient (Wildman–Crippen LogP) is 4.02. The van der Waals surface area contributed by atoms with E-state index < -0.39 is 27.2 Å². The van der Waals surface area contributed by atoms with E-state index in [-0.39, 0.29) is 16.6 Å². The first-order valence-electron chi connectivity index (χ1n) is 6.75. The van der Waals surface area contributed by atoms with Gasteiger partial charge in [-0.2, -0.15) is 13.2 Å². The molecule has 1 unspecified atom stereocenters. The number of carbonyl (C=O) groups is 1. The van der Waals surface area contributed by atoms with E-state index in [1.165, 1.54) is 12.1 Å². The van der Waals surface area contributed by atoms with Gasteiger partial charge in [0.05, 0.1) is 21.5 Å². The van der Waals surface area contributed by atoms with Gasteiger partial charge in [-0.3, -0.25) is 0 Å². The number of carboxylic acids is 1. The van der Waals surface area contributed by atoms with Gasteiger partial charge in [0.25, 0.3) is 0 Å². The molecule has 0 fully saturated rings. The zero-order chi connectivity index (χ0) is 17.6. The standard InChI is InChI=1S/C16H10F3NO3S/c1-8-10-6-5-9(24(23)16(17,18)19)7-13(10)20-14-11(8)3-2-4-12(14)15(21)22/h2-7H,1H3,(H,21,22). The van der Waals surface area contributed by atoms with E-state index in [1.54, 1.807) is 19.1 Å². The quantitative estimate of drug-likeness (QED) is 0.707. The number of fused-ring (bicyclic) bond motifs is 2. The first kappa shape index (κ1) is 16.4. The van der Waals surface area contributed by atoms with Crippen LogP contribution in [-0.2, 0) is 10.8 Å². The van der Waals surface area contributed by atoms with Gasteiger partial charge in [-0.1, -0.05) is 18.2 Å². The van der Waals surface area contributed by atoms with Crippen molar-refractivity contribution >= 4 is 38.6 Å². The van der Waals surface area contributed by atoms with Crippen molar-refractivity contribution in [3.63, 3.8) is 0 Å². The number of benzene rings is 2. The molecule has 0 aliphatic carbocycles. The van der Waals surface area contributed by atoms with Crippen molar-refractivity contribution in [2.75, 3.05) is 0 Å². The Morgan fingerprint density at radius 2 is 1.88 bits per heavy atom. The number of alkyl halides is 3. The Labute approximate surface area is 136 Å². The number of nitrogens with zero attached hydrogens (tertiary/aromatic N) is 1. The summed E-state index contributed by atoms with van der Waals surface area (Å²) in [7, 11) is -3.17. The fraction of sp³-hybridized carbons (Fsp3) is 0.125. The van der Waals surface area contributed by atoms with Crippen LogP contribution in [0.3, 0.4) is 0 Å². The largest absolute Gasteiger partial charge is 0.478 e. The van der Waals surface area contributed by atoms with Crippen LogP contribution in [0.15, 0.2) is 41.3 Å². The first-order chi connectivity index (χ1) is 11.2. The Morgan fingerprint density at radius 3 is 2.50 bits per heavy atom. The smallest absolute Gasteiger partial charge is 0.475 e. The first-order valence-corrected chi connectivity index (χ1v) is 7.90. The lowest BCUT2D eigenvalue weighted by molar-refractivity contribution is -0.0384. The van der Waals surface area contributed by atoms with E-state index in [9.17, 15) is 27.3 Å². The molecule has 1 aromatic heterocycles. The summed E-state index contributed by atoms with van der Waals surface area (Å²) in [4.78, 5) is 15.1. The molecule has 1 atom stereocenters. The summed E-state index contributed by atoms with van der Waals surface area (Å²) in [6.07, 6.45) is 0. The number of rotatable bonds is 2. The van der Waals surface area contributed by atoms with E-state index in [4.69, 9.17) is 0 Å². The molecule has 0 spiro atoms. The lowest BCUT2D eigenvalue weighted by Gasteiger charge is -2.11. The van der Waals surface area contributed by atoms with E-state index >= 15 is 0 Å². The molecule has 4 nitrogen and oxygen atoms in total. The third-order valence-corrected chi connectivity index (χ3v) is 4.80. The van der Waals surface area contributed by atoms with Crippen LogP contribution in [0.2, 0.25) is 0 Å². The van der Waals surface area contributed by atoms with Crippen LogP contribution in [-0.4, -0.2) is 25.8 Å². The second kappa shape index (κ2) is 5.55. The molecule has 124 valence electrons. The van der Waals surface area contributed by atoms with E-state index in [1.807, 2.05) is 0 Å². The average molecular weight is 353 g/mol. The maximum Gasteiger partial charge on any atom is 0.475 e. The number of hydrogen-bond acceptors (Lipinski definition) is 3. The number of para-hydroxylation sites is 1. The van der Waals surface area contributed by atoms with E-state index in [2.05, 4.69) is 4.98 Å². The van der Waals surface area contributed by atoms with Crippen molar-refractivity contribution in [2.24, 2.45) is 0 Å². The predicted molar refractivity (Wildman–Crippen MR) is 83.4 cm³/mol. The maximum absolute atomic E-state index is 12.6. The lowest BCUT2D eigenvalue weighted by Crippen LogP contribution is -2.16. The highest BCUT2D eigenvalue weighted by Gasteiger charge is 2.38. The van der Waals surface area contributed by atoms with Crippen LogP contribution in [0, 0.1) is 6.92 Å². The topological polar surface area (TPSA) is 67.3 Å². The molecular weight excluding hydrogens is 343 g/mol. The zero-order valence-corrected chi connectivity index (χ0v) is 13.0. The van der Waals surface area contributed by atoms with Gasteiger partial charge in [-0.25, -0.2) is 14.0 Å². The molecule has 0 aliphatic heterocycles. The molecule has 0 amide bonds. The molecule has 0 saturated carbocycles. The molecule has 2 aromatic carbocycles. The fourth-order valence-corrected chi connectivity index (χ4v) is 3.25. The van der Waals surface area contributed by atoms with Gasteiger partial charge in [0.2, 0.25) is 0 Å². The number of aromatic nitrogens is 1. The highest BCUT2D eigenvalue weighted by Crippen LogP contribution is 2.31. The third-order valence-electron chi connectivity index (χ3n) is 3.70. The fourth-order valence-electron chi connectivity index (χ4n) is 2.57. The highest BCUT2D eigenvalue weighted by molar-refractivity contribution is 7.86. The van der Waals surface area contributed by atoms with Gasteiger partial charge in [0, 0.05) is 10.8 Å². The summed E-state index contributed by atoms with van der Waals surface area (Å²) in [6, 6.07) is 8.31. The van der Waals surface area contributed by atoms with Crippen molar-refractivity contribution in [1.29, 1.82) is 0 Å². The molecule has 3 aromatic rings. The van der Waals surface area contributed by atoms with Gasteiger partial charge in [0.15, 0.2) is 10.8 Å². The normalized spacial score (nSPS) is 13.3. The molecular formula is C16H10F3NO3S. The van der Waals surface area contributed by atoms with Gasteiger partial charge in [-0.15, -0.1) is 0 Å². The van der Waals surface area contributed by atoms with Crippen LogP contribution in [0.1, 0.15) is 15.9 Å². The second-order valence-electron chi connectivity index (χ2n) is 5.14. The van der Waals surface area contributed by atoms with Crippen LogP contribution in [0.4, 0.5) is 13.2 Å². The van der Waals surface area contributed by atoms with Crippen molar-refractivity contribution in [2.45, 2.75) is 17.3 Å². The van der Waals surface area contributed by atoms with Crippen LogP contribution in [0.5, 0.6) is 0 Å². The van der Waals surface area contributed by atoms with Gasteiger partial charge < -0.3 is 5.11 Å². The minimum Gasteiger partial charge on any atom is -0.478 e. The summed E-state index contributed by atoms with van der Waals surface area (Å²) in [6.45, 7) is 1.73. The molecule has 0 saturated heterocycles. The average Bonchev–Trinajstić information content (AvgIpc) is 2.52. The van der Waals surface area contributed by atoms with Crippen molar-refractivity contribution in [3.8, 4) is 0 Å². The number of hydrogen-bond donors (Lipinski definition) is 1. The molecule has 8 heteroatoms. The van der Waals surface area contributed by atoms with Crippen molar-refractivity contribution < 1.29 is 27.3 Å². The minimum absolute atomic E-state index is 0.0418. The summed E-state index contributed by atoms with van der Waals surface area (Å²) in [5.41, 5.74) is -3.86. The maximum atomic E-state index is 12.6. The highest BCUT2D eigenvalue weighted by atomic mass is 32.2. The molecule has 1 N–H and O–H groups in total. The van der Waals surface area contributed by atoms with Crippen LogP contribution >= 0.6 is 0 Å². The third kappa shape index (κ3) is 2.62. The Bertz CT molecular complexity index is 1010. The molecule has 0 aliphatic rings. The Hall–Kier alpha value is -2.48. The lowest BCUT2D eigenvalue weighted by atomic mass is 10.0. The number of aromatic carboxylic acids is 1. The summed E-state index contributed by atoms with van der Waals surface area (Å²) < 4.78 is 49.4. The Balaban J connectivity index is 2.34. The van der Waals surface area contributed by atoms with E-state index in [0.29, 0.717) is 16.3 Å². The molecule has 0 radical (unpaired) electrons. The van der Waals surface area contributed by atoms with Gasteiger partial charge in [-0.05, 0) is 30.7 Å². The monoisotopic (exact) mass is 353 g/mol.